The van der Waals surface area contributed by atoms with Gasteiger partial charge in [-0.1, -0.05) is 179 Å². The summed E-state index contributed by atoms with van der Waals surface area (Å²) in [5.74, 6) is 0. The van der Waals surface area contributed by atoms with E-state index in [4.69, 9.17) is 4.43 Å². The zero-order valence-electron chi connectivity index (χ0n) is 29.7. The van der Waals surface area contributed by atoms with Crippen LogP contribution < -0.4 is 26.3 Å². The van der Waals surface area contributed by atoms with Crippen LogP contribution >= 0.6 is 7.26 Å². The van der Waals surface area contributed by atoms with Crippen molar-refractivity contribution in [1.29, 1.82) is 0 Å². The largest absolute Gasteiger partial charge is 0.401 e. The van der Waals surface area contributed by atoms with Gasteiger partial charge in [0, 0.05) is 6.42 Å². The van der Waals surface area contributed by atoms with E-state index in [1.54, 1.807) is 0 Å². The van der Waals surface area contributed by atoms with Gasteiger partial charge in [-0.05, 0) is 64.7 Å². The van der Waals surface area contributed by atoms with Crippen LogP contribution in [-0.2, 0) is 4.43 Å². The molecule has 0 aliphatic carbocycles. The molecule has 0 amide bonds. The lowest BCUT2D eigenvalue weighted by molar-refractivity contribution is 0.229. The SMILES string of the molecule is CC[C@H](/C=C/C=C\C/C=C\CC[P+](c1ccccc1)(c1ccccc1)c1ccccc1)O[Si](c1ccccc1)(c1ccccc1)C(C)(C)C. The highest BCUT2D eigenvalue weighted by Gasteiger charge is 2.51. The number of rotatable bonds is 15. The minimum Gasteiger partial charge on any atom is -0.401 e. The summed E-state index contributed by atoms with van der Waals surface area (Å²) in [4.78, 5) is 0. The van der Waals surface area contributed by atoms with Crippen molar-refractivity contribution in [3.05, 3.63) is 188 Å². The molecule has 0 aromatic heterocycles. The fourth-order valence-electron chi connectivity index (χ4n) is 6.97. The maximum absolute atomic E-state index is 7.33. The van der Waals surface area contributed by atoms with Crippen LogP contribution in [-0.4, -0.2) is 20.6 Å². The Labute approximate surface area is 297 Å². The van der Waals surface area contributed by atoms with E-state index in [0.717, 1.165) is 25.4 Å². The highest BCUT2D eigenvalue weighted by molar-refractivity contribution is 7.95. The van der Waals surface area contributed by atoms with E-state index < -0.39 is 15.6 Å². The molecule has 1 nitrogen and oxygen atoms in total. The van der Waals surface area contributed by atoms with E-state index in [9.17, 15) is 0 Å². The summed E-state index contributed by atoms with van der Waals surface area (Å²) in [6.07, 6.45) is 17.5. The van der Waals surface area contributed by atoms with Crippen molar-refractivity contribution in [3.63, 3.8) is 0 Å². The Morgan fingerprint density at radius 1 is 0.571 bits per heavy atom. The lowest BCUT2D eigenvalue weighted by atomic mass is 10.2. The number of benzene rings is 5. The van der Waals surface area contributed by atoms with Gasteiger partial charge in [0.1, 0.15) is 23.2 Å². The Morgan fingerprint density at radius 3 is 1.41 bits per heavy atom. The van der Waals surface area contributed by atoms with Gasteiger partial charge in [-0.2, -0.15) is 0 Å². The molecule has 250 valence electrons. The maximum atomic E-state index is 7.33. The summed E-state index contributed by atoms with van der Waals surface area (Å²) in [7, 11) is -4.40. The number of hydrogen-bond acceptors (Lipinski definition) is 1. The molecule has 0 aliphatic heterocycles. The fraction of sp³-hybridized carbons (Fsp3) is 0.217. The molecule has 0 spiro atoms. The van der Waals surface area contributed by atoms with Crippen LogP contribution in [0.15, 0.2) is 188 Å². The van der Waals surface area contributed by atoms with E-state index in [-0.39, 0.29) is 11.1 Å². The summed E-state index contributed by atoms with van der Waals surface area (Å²) in [6, 6.07) is 55.3. The second kappa shape index (κ2) is 17.5. The Morgan fingerprint density at radius 2 is 1.00 bits per heavy atom. The molecular weight excluding hydrogens is 628 g/mol. The first-order valence-electron chi connectivity index (χ1n) is 17.7. The van der Waals surface area contributed by atoms with Crippen molar-refractivity contribution in [1.82, 2.24) is 0 Å². The van der Waals surface area contributed by atoms with E-state index in [2.05, 4.69) is 216 Å². The lowest BCUT2D eigenvalue weighted by Crippen LogP contribution is -2.67. The Bertz CT molecular complexity index is 1620. The van der Waals surface area contributed by atoms with Crippen LogP contribution in [0.4, 0.5) is 0 Å². The first-order valence-corrected chi connectivity index (χ1v) is 21.6. The second-order valence-electron chi connectivity index (χ2n) is 13.6. The normalized spacial score (nSPS) is 13.4. The molecule has 1 atom stereocenters. The van der Waals surface area contributed by atoms with Gasteiger partial charge in [0.15, 0.2) is 0 Å². The van der Waals surface area contributed by atoms with Crippen LogP contribution in [0, 0.1) is 0 Å². The van der Waals surface area contributed by atoms with Gasteiger partial charge in [-0.3, -0.25) is 0 Å². The Hall–Kier alpha value is -4.07. The molecule has 0 heterocycles. The molecule has 5 aromatic carbocycles. The quantitative estimate of drug-likeness (QED) is 0.0464. The molecule has 0 fully saturated rings. The van der Waals surface area contributed by atoms with Crippen LogP contribution in [0.2, 0.25) is 5.04 Å². The predicted molar refractivity (Wildman–Crippen MR) is 219 cm³/mol. The maximum Gasteiger partial charge on any atom is 0.261 e. The zero-order chi connectivity index (χ0) is 34.4. The minimum atomic E-state index is -2.60. The highest BCUT2D eigenvalue weighted by Crippen LogP contribution is 2.55. The fourth-order valence-corrected chi connectivity index (χ4v) is 15.9. The number of allylic oxidation sites excluding steroid dienone is 5. The first kappa shape index (κ1) is 36.2. The average molecular weight is 680 g/mol. The van der Waals surface area contributed by atoms with E-state index in [0.29, 0.717) is 0 Å². The summed E-state index contributed by atoms with van der Waals surface area (Å²) >= 11 is 0. The monoisotopic (exact) mass is 679 g/mol. The molecular formula is C46H52OPSi+. The third-order valence-corrected chi connectivity index (χ3v) is 18.9. The van der Waals surface area contributed by atoms with E-state index in [1.807, 2.05) is 0 Å². The molecule has 3 heteroatoms. The van der Waals surface area contributed by atoms with Crippen LogP contribution in [0.5, 0.6) is 0 Å². The molecule has 0 aliphatic rings. The van der Waals surface area contributed by atoms with E-state index in [1.165, 1.54) is 26.3 Å². The lowest BCUT2D eigenvalue weighted by Gasteiger charge is -2.44. The van der Waals surface area contributed by atoms with E-state index >= 15 is 0 Å². The van der Waals surface area contributed by atoms with Crippen molar-refractivity contribution in [2.24, 2.45) is 0 Å². The molecule has 0 bridgehead atoms. The average Bonchev–Trinajstić information content (AvgIpc) is 3.15. The van der Waals surface area contributed by atoms with Crippen molar-refractivity contribution >= 4 is 41.9 Å². The third-order valence-electron chi connectivity index (χ3n) is 9.38. The summed E-state index contributed by atoms with van der Waals surface area (Å²) in [6.45, 7) is 9.25. The third kappa shape index (κ3) is 8.57. The molecule has 0 unspecified atom stereocenters. The first-order chi connectivity index (χ1) is 23.9. The molecule has 0 radical (unpaired) electrons. The second-order valence-corrected chi connectivity index (χ2v) is 21.4. The summed E-state index contributed by atoms with van der Waals surface area (Å²) < 4.78 is 7.33. The van der Waals surface area contributed by atoms with Gasteiger partial charge in [-0.25, -0.2) is 0 Å². The van der Waals surface area contributed by atoms with Crippen LogP contribution in [0.25, 0.3) is 0 Å². The molecule has 0 N–H and O–H groups in total. The van der Waals surface area contributed by atoms with Gasteiger partial charge in [0.2, 0.25) is 0 Å². The summed E-state index contributed by atoms with van der Waals surface area (Å²) in [5.41, 5.74) is 0. The van der Waals surface area contributed by atoms with Crippen molar-refractivity contribution in [3.8, 4) is 0 Å². The smallest absolute Gasteiger partial charge is 0.261 e. The van der Waals surface area contributed by atoms with Gasteiger partial charge >= 0.3 is 0 Å². The highest BCUT2D eigenvalue weighted by atomic mass is 31.2. The van der Waals surface area contributed by atoms with Gasteiger partial charge in [0.25, 0.3) is 8.32 Å². The van der Waals surface area contributed by atoms with Crippen molar-refractivity contribution in [2.75, 3.05) is 6.16 Å². The Kier molecular flexibility index (Phi) is 13.0. The Balaban J connectivity index is 1.28. The molecule has 5 rings (SSSR count). The molecule has 0 saturated carbocycles. The van der Waals surface area contributed by atoms with Crippen LogP contribution in [0.3, 0.4) is 0 Å². The van der Waals surface area contributed by atoms with Gasteiger partial charge < -0.3 is 4.43 Å². The zero-order valence-corrected chi connectivity index (χ0v) is 31.6. The standard InChI is InChI=1S/C46H52OPSi/c1-5-40(47-49(46(2,3)4,44-35-23-14-24-36-44)45-37-25-15-26-38-45)28-16-9-7-6-8-10-27-39-48(41-29-17-11-18-30-41,42-31-19-12-20-32-42)43-33-21-13-22-34-43/h7-26,28-38,40H,5-6,27,39H2,1-4H3/q+1/b9-7-,10-8-,28-16+/t40-/m1/s1. The van der Waals surface area contributed by atoms with Crippen molar-refractivity contribution < 1.29 is 4.43 Å². The molecule has 5 aromatic rings. The predicted octanol–water partition coefficient (Wildman–Crippen LogP) is 9.78. The number of hydrogen-bond donors (Lipinski definition) is 0. The summed E-state index contributed by atoms with van der Waals surface area (Å²) in [5, 5.41) is 6.92. The van der Waals surface area contributed by atoms with Gasteiger partial charge in [-0.15, -0.1) is 0 Å². The topological polar surface area (TPSA) is 9.23 Å². The molecule has 0 saturated heterocycles. The van der Waals surface area contributed by atoms with Gasteiger partial charge in [0.05, 0.1) is 12.3 Å². The van der Waals surface area contributed by atoms with Crippen LogP contribution in [0.1, 0.15) is 47.0 Å². The molecule has 49 heavy (non-hydrogen) atoms. The minimum absolute atomic E-state index is 0.0255. The van der Waals surface area contributed by atoms with Crippen molar-refractivity contribution in [2.45, 2.75) is 58.1 Å².